The Hall–Kier alpha value is -0.260. The van der Waals surface area contributed by atoms with Crippen LogP contribution in [-0.4, -0.2) is 20.4 Å². The average Bonchev–Trinajstić information content (AvgIpc) is 1.63. The fourth-order valence-corrected chi connectivity index (χ4v) is 0. The van der Waals surface area contributed by atoms with Crippen LogP contribution in [0.4, 0.5) is 0 Å². The summed E-state index contributed by atoms with van der Waals surface area (Å²) in [5.41, 5.74) is 0. The summed E-state index contributed by atoms with van der Waals surface area (Å²) < 4.78 is -1.72. The molecule has 0 amide bonds. The molecule has 0 spiro atoms. The van der Waals surface area contributed by atoms with Gasteiger partial charge in [-0.3, -0.25) is 4.79 Å². The smallest absolute Gasteiger partial charge is 0.291 e. The minimum absolute atomic E-state index is 0.234. The van der Waals surface area contributed by atoms with Crippen molar-refractivity contribution in [3.8, 4) is 0 Å². The van der Waals surface area contributed by atoms with Crippen LogP contribution >= 0.6 is 34.8 Å². The molecule has 0 radical (unpaired) electrons. The molecule has 8 heteroatoms. The lowest BCUT2D eigenvalue weighted by Gasteiger charge is -1.93. The van der Waals surface area contributed by atoms with E-state index in [1.54, 1.807) is 0 Å². The Bertz CT molecular complexity index is 116. The van der Waals surface area contributed by atoms with Crippen LogP contribution in [0.5, 0.6) is 0 Å². The van der Waals surface area contributed by atoms with Crippen LogP contribution in [0.1, 0.15) is 0 Å². The number of halogens is 3. The number of carbonyl (C=O) groups excluding carboxylic acids is 1. The van der Waals surface area contributed by atoms with Crippen molar-refractivity contribution in [3.63, 3.8) is 0 Å². The summed E-state index contributed by atoms with van der Waals surface area (Å²) in [5, 5.41) is 13.6. The van der Waals surface area contributed by atoms with Crippen LogP contribution in [0.15, 0.2) is 0 Å². The summed E-state index contributed by atoms with van der Waals surface area (Å²) >= 11 is 14.6. The molecule has 0 rings (SSSR count). The van der Waals surface area contributed by atoms with Gasteiger partial charge in [-0.05, 0) is 0 Å². The number of hydrogen-bond donors (Lipinski definition) is 1. The molecule has 10 heavy (non-hydrogen) atoms. The molecule has 1 N–H and O–H groups in total. The molecule has 0 saturated carbocycles. The summed E-state index contributed by atoms with van der Waals surface area (Å²) in [6, 6.07) is 0. The second-order valence-corrected chi connectivity index (χ2v) is 3.27. The van der Waals surface area contributed by atoms with E-state index in [1.165, 1.54) is 0 Å². The van der Waals surface area contributed by atoms with Crippen molar-refractivity contribution in [1.29, 1.82) is 0 Å². The van der Waals surface area contributed by atoms with Gasteiger partial charge in [0, 0.05) is 0 Å². The number of aldehydes is 1. The first-order valence-electron chi connectivity index (χ1n) is 1.66. The van der Waals surface area contributed by atoms with Crippen molar-refractivity contribution < 1.29 is 15.1 Å². The first-order valence-corrected chi connectivity index (χ1v) is 2.79. The average molecular weight is 210 g/mol. The van der Waals surface area contributed by atoms with Gasteiger partial charge in [0.25, 0.3) is 5.09 Å². The minimum atomic E-state index is -1.72. The Labute approximate surface area is 70.6 Å². The van der Waals surface area contributed by atoms with E-state index >= 15 is 0 Å². The van der Waals surface area contributed by atoms with Gasteiger partial charge in [-0.25, -0.2) is 0 Å². The van der Waals surface area contributed by atoms with Crippen molar-refractivity contribution >= 4 is 41.1 Å². The van der Waals surface area contributed by atoms with Crippen molar-refractivity contribution in [3.05, 3.63) is 10.1 Å². The Morgan fingerprint density at radius 1 is 1.50 bits per heavy atom. The van der Waals surface area contributed by atoms with Crippen molar-refractivity contribution in [1.82, 2.24) is 0 Å². The van der Waals surface area contributed by atoms with E-state index in [2.05, 4.69) is 0 Å². The molecule has 0 fully saturated rings. The van der Waals surface area contributed by atoms with Gasteiger partial charge in [-0.2, -0.15) is 0 Å². The molecule has 0 bridgehead atoms. The number of carbonyl (C=O) groups is 1. The lowest BCUT2D eigenvalue weighted by molar-refractivity contribution is -0.742. The number of nitrogens with zero attached hydrogens (tertiary/aromatic N) is 1. The summed E-state index contributed by atoms with van der Waals surface area (Å²) in [6.07, 6.45) is 0.234. The molecule has 0 heterocycles. The molecule has 5 nitrogen and oxygen atoms in total. The van der Waals surface area contributed by atoms with Crippen LogP contribution < -0.4 is 0 Å². The molecule has 0 saturated heterocycles. The third-order valence-corrected chi connectivity index (χ3v) is 0.401. The van der Waals surface area contributed by atoms with Gasteiger partial charge in [0.15, 0.2) is 6.29 Å². The molecule has 0 unspecified atom stereocenters. The van der Waals surface area contributed by atoms with E-state index in [1.807, 2.05) is 0 Å². The van der Waals surface area contributed by atoms with Crippen LogP contribution in [-0.2, 0) is 4.79 Å². The van der Waals surface area contributed by atoms with Gasteiger partial charge in [0.05, 0.1) is 0 Å². The SMILES string of the molecule is O=CC(Cl)(Cl)Cl.O=[N+]([O-])O. The molecule has 0 aromatic carbocycles. The summed E-state index contributed by atoms with van der Waals surface area (Å²) in [5.74, 6) is 0. The van der Waals surface area contributed by atoms with Gasteiger partial charge in [0.2, 0.25) is 3.79 Å². The van der Waals surface area contributed by atoms with Crippen LogP contribution in [0.2, 0.25) is 0 Å². The van der Waals surface area contributed by atoms with E-state index < -0.39 is 8.88 Å². The van der Waals surface area contributed by atoms with E-state index in [-0.39, 0.29) is 6.29 Å². The zero-order valence-electron chi connectivity index (χ0n) is 4.33. The summed E-state index contributed by atoms with van der Waals surface area (Å²) in [6.45, 7) is 0. The lowest BCUT2D eigenvalue weighted by atomic mass is 10.9. The van der Waals surface area contributed by atoms with Gasteiger partial charge in [0.1, 0.15) is 0 Å². The third kappa shape index (κ3) is 46.8. The first-order chi connectivity index (χ1) is 4.29. The van der Waals surface area contributed by atoms with Gasteiger partial charge in [-0.15, -0.1) is 10.1 Å². The maximum absolute atomic E-state index is 9.43. The van der Waals surface area contributed by atoms with E-state index in [0.29, 0.717) is 0 Å². The summed E-state index contributed by atoms with van der Waals surface area (Å²) in [7, 11) is 0. The Balaban J connectivity index is 0. The maximum atomic E-state index is 9.43. The lowest BCUT2D eigenvalue weighted by Crippen LogP contribution is -2.00. The molecule has 0 aromatic rings. The predicted molar refractivity (Wildman–Crippen MR) is 35.1 cm³/mol. The topological polar surface area (TPSA) is 80.4 Å². The fourth-order valence-electron chi connectivity index (χ4n) is 0. The second kappa shape index (κ2) is 5.52. The Kier molecular flexibility index (Phi) is 6.85. The van der Waals surface area contributed by atoms with Crippen LogP contribution in [0.25, 0.3) is 0 Å². The monoisotopic (exact) mass is 209 g/mol. The highest BCUT2D eigenvalue weighted by Crippen LogP contribution is 2.21. The molecule has 0 aliphatic rings. The third-order valence-electron chi connectivity index (χ3n) is 0.134. The number of alkyl halides is 3. The highest BCUT2D eigenvalue weighted by atomic mass is 35.6. The molecule has 0 atom stereocenters. The van der Waals surface area contributed by atoms with Crippen LogP contribution in [0, 0.1) is 10.1 Å². The largest absolute Gasteiger partial charge is 0.328 e. The fraction of sp³-hybridized carbons (Fsp3) is 0.500. The molecule has 60 valence electrons. The van der Waals surface area contributed by atoms with Crippen molar-refractivity contribution in [2.24, 2.45) is 0 Å². The van der Waals surface area contributed by atoms with E-state index in [4.69, 9.17) is 50.1 Å². The van der Waals surface area contributed by atoms with Gasteiger partial charge < -0.3 is 5.21 Å². The molecule has 0 aromatic heterocycles. The zero-order chi connectivity index (χ0) is 8.78. The Morgan fingerprint density at radius 3 is 1.60 bits per heavy atom. The van der Waals surface area contributed by atoms with Gasteiger partial charge in [-0.1, -0.05) is 34.8 Å². The maximum Gasteiger partial charge on any atom is 0.291 e. The molecular weight excluding hydrogens is 208 g/mol. The summed E-state index contributed by atoms with van der Waals surface area (Å²) in [4.78, 5) is 17.8. The normalized spacial score (nSPS) is 9.10. The highest BCUT2D eigenvalue weighted by molar-refractivity contribution is 6.74. The van der Waals surface area contributed by atoms with Crippen LogP contribution in [0.3, 0.4) is 0 Å². The van der Waals surface area contributed by atoms with Crippen molar-refractivity contribution in [2.75, 3.05) is 0 Å². The quantitative estimate of drug-likeness (QED) is 0.282. The molecule has 0 aliphatic carbocycles. The van der Waals surface area contributed by atoms with Crippen molar-refractivity contribution in [2.45, 2.75) is 3.79 Å². The Morgan fingerprint density at radius 2 is 1.60 bits per heavy atom. The van der Waals surface area contributed by atoms with Gasteiger partial charge >= 0.3 is 0 Å². The minimum Gasteiger partial charge on any atom is -0.328 e. The molecule has 0 aliphatic heterocycles. The first kappa shape index (κ1) is 12.4. The van der Waals surface area contributed by atoms with E-state index in [0.717, 1.165) is 0 Å². The standard InChI is InChI=1S/C2HCl3O.HNO3/c3-2(4,5)1-6;2-1(3)4/h1H;(H,2,3,4). The number of hydrogen-bond acceptors (Lipinski definition) is 3. The zero-order valence-corrected chi connectivity index (χ0v) is 6.60. The number of rotatable bonds is 0. The van der Waals surface area contributed by atoms with E-state index in [9.17, 15) is 4.79 Å². The predicted octanol–water partition coefficient (Wildman–Crippen LogP) is 1.21. The molecular formula is C2H2Cl3NO4. The second-order valence-electron chi connectivity index (χ2n) is 0.897. The highest BCUT2D eigenvalue weighted by Gasteiger charge is 2.16.